The summed E-state index contributed by atoms with van der Waals surface area (Å²) in [5, 5.41) is 17.7. The van der Waals surface area contributed by atoms with Gasteiger partial charge < -0.3 is 5.32 Å². The van der Waals surface area contributed by atoms with E-state index in [0.717, 1.165) is 6.07 Å². The SMILES string of the molecule is O=C(Nc1nn(Cc2c(F)cccc2Cl)cc1Cl)c1ccc(Cl)c([N+](=O)[O-])c1. The van der Waals surface area contributed by atoms with Crippen molar-refractivity contribution in [1.29, 1.82) is 0 Å². The van der Waals surface area contributed by atoms with E-state index in [4.69, 9.17) is 34.8 Å². The molecule has 0 unspecified atom stereocenters. The van der Waals surface area contributed by atoms with Crippen LogP contribution < -0.4 is 5.32 Å². The summed E-state index contributed by atoms with van der Waals surface area (Å²) in [5.41, 5.74) is -0.187. The summed E-state index contributed by atoms with van der Waals surface area (Å²) in [4.78, 5) is 22.6. The van der Waals surface area contributed by atoms with E-state index in [1.807, 2.05) is 0 Å². The van der Waals surface area contributed by atoms with Gasteiger partial charge in [0.1, 0.15) is 15.9 Å². The third-order valence-corrected chi connectivity index (χ3v) is 4.69. The molecule has 0 bridgehead atoms. The molecule has 0 radical (unpaired) electrons. The molecule has 0 atom stereocenters. The van der Waals surface area contributed by atoms with Crippen molar-refractivity contribution in [2.24, 2.45) is 0 Å². The normalized spacial score (nSPS) is 10.7. The van der Waals surface area contributed by atoms with E-state index in [1.54, 1.807) is 6.07 Å². The molecule has 0 aliphatic heterocycles. The molecule has 11 heteroatoms. The fourth-order valence-electron chi connectivity index (χ4n) is 2.38. The van der Waals surface area contributed by atoms with Crippen LogP contribution in [0.15, 0.2) is 42.6 Å². The van der Waals surface area contributed by atoms with Crippen molar-refractivity contribution in [3.63, 3.8) is 0 Å². The number of hydrogen-bond acceptors (Lipinski definition) is 4. The van der Waals surface area contributed by atoms with Gasteiger partial charge in [-0.15, -0.1) is 0 Å². The van der Waals surface area contributed by atoms with E-state index in [0.29, 0.717) is 0 Å². The lowest BCUT2D eigenvalue weighted by Gasteiger charge is -2.06. The molecule has 1 heterocycles. The van der Waals surface area contributed by atoms with Gasteiger partial charge in [0.25, 0.3) is 11.6 Å². The van der Waals surface area contributed by atoms with Crippen molar-refractivity contribution in [3.05, 3.63) is 84.7 Å². The quantitative estimate of drug-likeness (QED) is 0.434. The lowest BCUT2D eigenvalue weighted by molar-refractivity contribution is -0.384. The van der Waals surface area contributed by atoms with Crippen molar-refractivity contribution in [2.75, 3.05) is 5.32 Å². The average Bonchev–Trinajstić information content (AvgIpc) is 2.97. The van der Waals surface area contributed by atoms with Crippen LogP contribution in [0.3, 0.4) is 0 Å². The molecule has 1 N–H and O–H groups in total. The van der Waals surface area contributed by atoms with Gasteiger partial charge in [-0.1, -0.05) is 40.9 Å². The molecular formula is C17H10Cl3FN4O3. The molecule has 28 heavy (non-hydrogen) atoms. The topological polar surface area (TPSA) is 90.1 Å². The van der Waals surface area contributed by atoms with Gasteiger partial charge in [0, 0.05) is 28.4 Å². The number of carbonyl (C=O) groups excluding carboxylic acids is 1. The van der Waals surface area contributed by atoms with Crippen LogP contribution in [0.5, 0.6) is 0 Å². The molecule has 0 aliphatic carbocycles. The number of nitro benzene ring substituents is 1. The van der Waals surface area contributed by atoms with Gasteiger partial charge in [0.15, 0.2) is 5.82 Å². The highest BCUT2D eigenvalue weighted by Gasteiger charge is 2.18. The second-order valence-corrected chi connectivity index (χ2v) is 6.82. The molecule has 1 amide bonds. The number of anilines is 1. The van der Waals surface area contributed by atoms with Gasteiger partial charge in [-0.25, -0.2) is 4.39 Å². The van der Waals surface area contributed by atoms with E-state index < -0.39 is 22.3 Å². The molecule has 2 aromatic carbocycles. The maximum atomic E-state index is 13.9. The maximum Gasteiger partial charge on any atom is 0.288 e. The highest BCUT2D eigenvalue weighted by molar-refractivity contribution is 6.34. The van der Waals surface area contributed by atoms with Crippen LogP contribution >= 0.6 is 34.8 Å². The van der Waals surface area contributed by atoms with Crippen LogP contribution in [0.25, 0.3) is 0 Å². The third-order valence-electron chi connectivity index (χ3n) is 3.74. The Morgan fingerprint density at radius 1 is 1.18 bits per heavy atom. The second-order valence-electron chi connectivity index (χ2n) is 5.60. The van der Waals surface area contributed by atoms with Crippen LogP contribution in [0, 0.1) is 15.9 Å². The monoisotopic (exact) mass is 442 g/mol. The number of nitro groups is 1. The predicted octanol–water partition coefficient (Wildman–Crippen LogP) is 5.19. The first-order valence-corrected chi connectivity index (χ1v) is 8.81. The predicted molar refractivity (Wildman–Crippen MR) is 104 cm³/mol. The van der Waals surface area contributed by atoms with E-state index in [1.165, 1.54) is 35.1 Å². The van der Waals surface area contributed by atoms with Gasteiger partial charge in [-0.3, -0.25) is 19.6 Å². The van der Waals surface area contributed by atoms with Crippen molar-refractivity contribution in [3.8, 4) is 0 Å². The number of rotatable bonds is 5. The third kappa shape index (κ3) is 4.24. The number of nitrogens with zero attached hydrogens (tertiary/aromatic N) is 3. The Kier molecular flexibility index (Phi) is 5.83. The van der Waals surface area contributed by atoms with E-state index in [2.05, 4.69) is 10.4 Å². The molecule has 3 aromatic rings. The first kappa shape index (κ1) is 20.1. The minimum absolute atomic E-state index is 0.00105. The standard InChI is InChI=1S/C17H10Cl3FN4O3/c18-11-2-1-3-14(21)10(11)7-24-8-13(20)16(23-24)22-17(26)9-4-5-12(19)15(6-9)25(27)28/h1-6,8H,7H2,(H,22,23,26). The van der Waals surface area contributed by atoms with Gasteiger partial charge in [-0.2, -0.15) is 5.10 Å². The fraction of sp³-hybridized carbons (Fsp3) is 0.0588. The highest BCUT2D eigenvalue weighted by Crippen LogP contribution is 2.27. The minimum Gasteiger partial charge on any atom is -0.304 e. The fourth-order valence-corrected chi connectivity index (χ4v) is 2.99. The summed E-state index contributed by atoms with van der Waals surface area (Å²) in [6, 6.07) is 7.91. The lowest BCUT2D eigenvalue weighted by Crippen LogP contribution is -2.13. The number of hydrogen-bond donors (Lipinski definition) is 1. The van der Waals surface area contributed by atoms with Crippen LogP contribution in [0.1, 0.15) is 15.9 Å². The van der Waals surface area contributed by atoms with Gasteiger partial charge >= 0.3 is 0 Å². The Bertz CT molecular complexity index is 1070. The largest absolute Gasteiger partial charge is 0.304 e. The summed E-state index contributed by atoms with van der Waals surface area (Å²) >= 11 is 17.8. The Balaban J connectivity index is 1.81. The van der Waals surface area contributed by atoms with Gasteiger partial charge in [0.05, 0.1) is 11.5 Å². The summed E-state index contributed by atoms with van der Waals surface area (Å²) in [6.07, 6.45) is 1.39. The molecule has 0 fully saturated rings. The first-order chi connectivity index (χ1) is 13.3. The molecular weight excluding hydrogens is 434 g/mol. The van der Waals surface area contributed by atoms with E-state index in [9.17, 15) is 19.3 Å². The highest BCUT2D eigenvalue weighted by atomic mass is 35.5. The molecule has 0 spiro atoms. The van der Waals surface area contributed by atoms with Crippen LogP contribution in [0.2, 0.25) is 15.1 Å². The van der Waals surface area contributed by atoms with Crippen LogP contribution in [-0.2, 0) is 6.54 Å². The zero-order valence-corrected chi connectivity index (χ0v) is 16.1. The number of carbonyl (C=O) groups is 1. The molecule has 7 nitrogen and oxygen atoms in total. The zero-order chi connectivity index (χ0) is 20.4. The molecule has 0 saturated carbocycles. The van der Waals surface area contributed by atoms with Gasteiger partial charge in [-0.05, 0) is 24.3 Å². The number of benzene rings is 2. The summed E-state index contributed by atoms with van der Waals surface area (Å²) in [7, 11) is 0. The number of aromatic nitrogens is 2. The van der Waals surface area contributed by atoms with E-state index in [-0.39, 0.29) is 38.6 Å². The van der Waals surface area contributed by atoms with Crippen molar-refractivity contribution >= 4 is 52.2 Å². The second kappa shape index (κ2) is 8.14. The van der Waals surface area contributed by atoms with Crippen LogP contribution in [-0.4, -0.2) is 20.6 Å². The number of amides is 1. The molecule has 3 rings (SSSR count). The Morgan fingerprint density at radius 2 is 1.93 bits per heavy atom. The van der Waals surface area contributed by atoms with Crippen molar-refractivity contribution < 1.29 is 14.1 Å². The Morgan fingerprint density at radius 3 is 2.61 bits per heavy atom. The minimum atomic E-state index is -0.695. The average molecular weight is 444 g/mol. The maximum absolute atomic E-state index is 13.9. The van der Waals surface area contributed by atoms with Crippen LogP contribution in [0.4, 0.5) is 15.9 Å². The lowest BCUT2D eigenvalue weighted by atomic mass is 10.2. The Labute approximate surface area is 172 Å². The summed E-state index contributed by atoms with van der Waals surface area (Å²) in [5.74, 6) is -1.16. The van der Waals surface area contributed by atoms with Crippen molar-refractivity contribution in [2.45, 2.75) is 6.54 Å². The number of nitrogens with one attached hydrogen (secondary N) is 1. The van der Waals surface area contributed by atoms with Gasteiger partial charge in [0.2, 0.25) is 0 Å². The van der Waals surface area contributed by atoms with Crippen molar-refractivity contribution in [1.82, 2.24) is 9.78 Å². The smallest absolute Gasteiger partial charge is 0.288 e. The first-order valence-electron chi connectivity index (χ1n) is 7.67. The number of halogens is 4. The molecule has 1 aromatic heterocycles. The Hall–Kier alpha value is -2.68. The zero-order valence-electron chi connectivity index (χ0n) is 13.8. The molecule has 0 aliphatic rings. The molecule has 0 saturated heterocycles. The van der Waals surface area contributed by atoms with E-state index >= 15 is 0 Å². The molecule has 144 valence electrons. The summed E-state index contributed by atoms with van der Waals surface area (Å²) < 4.78 is 15.2. The summed E-state index contributed by atoms with van der Waals surface area (Å²) in [6.45, 7) is -0.00643.